The number of aromatic nitrogens is 1. The summed E-state index contributed by atoms with van der Waals surface area (Å²) in [5, 5.41) is 8.44. The Labute approximate surface area is 178 Å². The van der Waals surface area contributed by atoms with Gasteiger partial charge in [-0.3, -0.25) is 4.79 Å². The summed E-state index contributed by atoms with van der Waals surface area (Å²) in [5.41, 5.74) is 6.13. The Balaban J connectivity index is 1.39. The second-order valence-corrected chi connectivity index (χ2v) is 8.47. The standard InChI is InChI=1S/C25H30N2O3/c1-4-22-24(25(26)16-5-6-16)15(2)11-23(27-22)30-14-19(28)12-17-7-8-18-13-20(29-3)9-10-21(17)18/h9-11,13,16-17,26H,4-8,12,14H2,1-3H3/t17-/m1/s1. The zero-order valence-corrected chi connectivity index (χ0v) is 18.1. The maximum Gasteiger partial charge on any atom is 0.214 e. The molecule has 1 saturated carbocycles. The van der Waals surface area contributed by atoms with Gasteiger partial charge in [-0.05, 0) is 73.8 Å². The predicted octanol–water partition coefficient (Wildman–Crippen LogP) is 4.81. The van der Waals surface area contributed by atoms with Crippen molar-refractivity contribution in [2.24, 2.45) is 5.92 Å². The second kappa shape index (κ2) is 8.58. The van der Waals surface area contributed by atoms with Crippen molar-refractivity contribution in [3.8, 4) is 11.6 Å². The van der Waals surface area contributed by atoms with Gasteiger partial charge >= 0.3 is 0 Å². The lowest BCUT2D eigenvalue weighted by Crippen LogP contribution is -2.16. The lowest BCUT2D eigenvalue weighted by molar-refractivity contribution is -0.121. The van der Waals surface area contributed by atoms with Gasteiger partial charge in [0.05, 0.1) is 12.8 Å². The fourth-order valence-electron chi connectivity index (χ4n) is 4.49. The number of carbonyl (C=O) groups excluding carboxylic acids is 1. The molecule has 0 radical (unpaired) electrons. The molecule has 0 amide bonds. The van der Waals surface area contributed by atoms with Crippen LogP contribution in [0.5, 0.6) is 11.6 Å². The van der Waals surface area contributed by atoms with E-state index in [4.69, 9.17) is 14.9 Å². The molecule has 4 rings (SSSR count). The van der Waals surface area contributed by atoms with Crippen LogP contribution < -0.4 is 9.47 Å². The van der Waals surface area contributed by atoms with Crippen LogP contribution in [0, 0.1) is 18.3 Å². The van der Waals surface area contributed by atoms with E-state index in [1.54, 1.807) is 7.11 Å². The zero-order valence-electron chi connectivity index (χ0n) is 18.1. The molecule has 158 valence electrons. The molecule has 1 N–H and O–H groups in total. The molecular weight excluding hydrogens is 376 g/mol. The SMILES string of the molecule is CCc1nc(OCC(=O)C[C@H]2CCc3cc(OC)ccc32)cc(C)c1C(=N)C1CC1. The van der Waals surface area contributed by atoms with Crippen LogP contribution in [0.15, 0.2) is 24.3 Å². The highest BCUT2D eigenvalue weighted by molar-refractivity contribution is 6.03. The van der Waals surface area contributed by atoms with Crippen molar-refractivity contribution in [2.45, 2.75) is 58.3 Å². The first-order valence-electron chi connectivity index (χ1n) is 10.9. The van der Waals surface area contributed by atoms with Crippen LogP contribution in [-0.2, 0) is 17.6 Å². The minimum atomic E-state index is 0.0387. The van der Waals surface area contributed by atoms with Crippen molar-refractivity contribution in [1.29, 1.82) is 5.41 Å². The highest BCUT2D eigenvalue weighted by atomic mass is 16.5. The van der Waals surface area contributed by atoms with E-state index in [2.05, 4.69) is 17.1 Å². The summed E-state index contributed by atoms with van der Waals surface area (Å²) in [6, 6.07) is 8.01. The molecule has 0 spiro atoms. The van der Waals surface area contributed by atoms with Crippen LogP contribution >= 0.6 is 0 Å². The Morgan fingerprint density at radius 2 is 2.03 bits per heavy atom. The number of methoxy groups -OCH3 is 1. The molecule has 1 heterocycles. The van der Waals surface area contributed by atoms with E-state index in [-0.39, 0.29) is 18.3 Å². The number of hydrogen-bond donors (Lipinski definition) is 1. The van der Waals surface area contributed by atoms with E-state index < -0.39 is 0 Å². The third-order valence-electron chi connectivity index (χ3n) is 6.27. The summed E-state index contributed by atoms with van der Waals surface area (Å²) in [6.07, 6.45) is 5.42. The highest BCUT2D eigenvalue weighted by Crippen LogP contribution is 2.37. The fraction of sp³-hybridized carbons (Fsp3) is 0.480. The first-order chi connectivity index (χ1) is 14.5. The first-order valence-corrected chi connectivity index (χ1v) is 10.9. The number of benzene rings is 1. The fourth-order valence-corrected chi connectivity index (χ4v) is 4.49. The molecule has 1 fully saturated rings. The second-order valence-electron chi connectivity index (χ2n) is 8.47. The van der Waals surface area contributed by atoms with Gasteiger partial charge in [-0.2, -0.15) is 0 Å². The number of carbonyl (C=O) groups is 1. The smallest absolute Gasteiger partial charge is 0.214 e. The van der Waals surface area contributed by atoms with Crippen molar-refractivity contribution < 1.29 is 14.3 Å². The van der Waals surface area contributed by atoms with E-state index in [0.717, 1.165) is 54.7 Å². The van der Waals surface area contributed by atoms with Gasteiger partial charge in [-0.1, -0.05) is 13.0 Å². The Bertz CT molecular complexity index is 979. The van der Waals surface area contributed by atoms with Crippen LogP contribution in [0.4, 0.5) is 0 Å². The summed E-state index contributed by atoms with van der Waals surface area (Å²) >= 11 is 0. The average molecular weight is 407 g/mol. The predicted molar refractivity (Wildman–Crippen MR) is 117 cm³/mol. The molecule has 2 aromatic rings. The summed E-state index contributed by atoms with van der Waals surface area (Å²) in [4.78, 5) is 17.2. The van der Waals surface area contributed by atoms with Crippen molar-refractivity contribution >= 4 is 11.5 Å². The number of Topliss-reactive ketones (excluding diaryl/α,β-unsaturated/α-hetero) is 1. The van der Waals surface area contributed by atoms with E-state index in [9.17, 15) is 4.79 Å². The van der Waals surface area contributed by atoms with Gasteiger partial charge in [-0.25, -0.2) is 4.98 Å². The molecule has 5 heteroatoms. The Hall–Kier alpha value is -2.69. The molecule has 1 aromatic carbocycles. The molecular formula is C25H30N2O3. The van der Waals surface area contributed by atoms with Gasteiger partial charge < -0.3 is 14.9 Å². The maximum atomic E-state index is 12.6. The molecule has 2 aliphatic rings. The first kappa shape index (κ1) is 20.6. The third-order valence-corrected chi connectivity index (χ3v) is 6.27. The topological polar surface area (TPSA) is 72.3 Å². The average Bonchev–Trinajstić information content (AvgIpc) is 3.53. The minimum absolute atomic E-state index is 0.0387. The molecule has 0 aliphatic heterocycles. The normalized spacial score (nSPS) is 17.5. The van der Waals surface area contributed by atoms with Crippen molar-refractivity contribution in [2.75, 3.05) is 13.7 Å². The number of aryl methyl sites for hydroxylation is 3. The lowest BCUT2D eigenvalue weighted by atomic mass is 9.96. The van der Waals surface area contributed by atoms with E-state index in [1.807, 2.05) is 26.0 Å². The molecule has 1 atom stereocenters. The number of ether oxygens (including phenoxy) is 2. The van der Waals surface area contributed by atoms with Gasteiger partial charge in [0.1, 0.15) is 12.4 Å². The maximum absolute atomic E-state index is 12.6. The summed E-state index contributed by atoms with van der Waals surface area (Å²) in [5.74, 6) is 2.09. The number of rotatable bonds is 9. The molecule has 0 bridgehead atoms. The number of nitrogens with zero attached hydrogens (tertiary/aromatic N) is 1. The van der Waals surface area contributed by atoms with Gasteiger partial charge in [-0.15, -0.1) is 0 Å². The van der Waals surface area contributed by atoms with Crippen LogP contribution in [-0.4, -0.2) is 30.2 Å². The van der Waals surface area contributed by atoms with Crippen molar-refractivity contribution in [3.63, 3.8) is 0 Å². The number of fused-ring (bicyclic) bond motifs is 1. The lowest BCUT2D eigenvalue weighted by Gasteiger charge is -2.15. The number of hydrogen-bond acceptors (Lipinski definition) is 5. The van der Waals surface area contributed by atoms with Crippen LogP contribution in [0.3, 0.4) is 0 Å². The Kier molecular flexibility index (Phi) is 5.89. The van der Waals surface area contributed by atoms with Gasteiger partial charge in [0, 0.05) is 29.7 Å². The highest BCUT2D eigenvalue weighted by Gasteiger charge is 2.30. The molecule has 0 unspecified atom stereocenters. The number of nitrogens with one attached hydrogen (secondary N) is 1. The van der Waals surface area contributed by atoms with Gasteiger partial charge in [0.15, 0.2) is 5.78 Å². The molecule has 5 nitrogen and oxygen atoms in total. The molecule has 1 aromatic heterocycles. The van der Waals surface area contributed by atoms with Crippen molar-refractivity contribution in [1.82, 2.24) is 4.98 Å². The monoisotopic (exact) mass is 406 g/mol. The van der Waals surface area contributed by atoms with Gasteiger partial charge in [0.25, 0.3) is 0 Å². The van der Waals surface area contributed by atoms with E-state index in [1.165, 1.54) is 11.1 Å². The van der Waals surface area contributed by atoms with Crippen LogP contribution in [0.2, 0.25) is 0 Å². The largest absolute Gasteiger partial charge is 0.497 e. The van der Waals surface area contributed by atoms with Crippen molar-refractivity contribution in [3.05, 3.63) is 52.2 Å². The molecule has 30 heavy (non-hydrogen) atoms. The summed E-state index contributed by atoms with van der Waals surface area (Å²) < 4.78 is 11.1. The number of pyridine rings is 1. The summed E-state index contributed by atoms with van der Waals surface area (Å²) in [7, 11) is 1.68. The summed E-state index contributed by atoms with van der Waals surface area (Å²) in [6.45, 7) is 4.09. The third kappa shape index (κ3) is 4.25. The Morgan fingerprint density at radius 1 is 1.23 bits per heavy atom. The van der Waals surface area contributed by atoms with E-state index in [0.29, 0.717) is 23.9 Å². The molecule has 0 saturated heterocycles. The number of ketones is 1. The van der Waals surface area contributed by atoms with Crippen LogP contribution in [0.25, 0.3) is 0 Å². The molecule has 2 aliphatic carbocycles. The van der Waals surface area contributed by atoms with E-state index >= 15 is 0 Å². The minimum Gasteiger partial charge on any atom is -0.497 e. The van der Waals surface area contributed by atoms with Crippen LogP contribution in [0.1, 0.15) is 66.5 Å². The van der Waals surface area contributed by atoms with Gasteiger partial charge in [0.2, 0.25) is 5.88 Å². The Morgan fingerprint density at radius 3 is 2.73 bits per heavy atom. The zero-order chi connectivity index (χ0) is 21.3. The quantitative estimate of drug-likeness (QED) is 0.607.